The van der Waals surface area contributed by atoms with Gasteiger partial charge in [-0.25, -0.2) is 4.98 Å². The van der Waals surface area contributed by atoms with Crippen molar-refractivity contribution in [3.8, 4) is 0 Å². The first-order valence-electron chi connectivity index (χ1n) is 8.53. The molecule has 148 valence electrons. The quantitative estimate of drug-likeness (QED) is 0.440. The maximum absolute atomic E-state index is 12.5. The van der Waals surface area contributed by atoms with Gasteiger partial charge in [0, 0.05) is 12.0 Å². The Kier molecular flexibility index (Phi) is 7.33. The Balaban J connectivity index is 2.40. The molecule has 0 saturated heterocycles. The third-order valence-corrected chi connectivity index (χ3v) is 4.87. The number of carbonyl (C=O) groups excluding carboxylic acids is 3. The van der Waals surface area contributed by atoms with Gasteiger partial charge in [-0.2, -0.15) is 0 Å². The zero-order valence-electron chi connectivity index (χ0n) is 15.3. The minimum absolute atomic E-state index is 0.00911. The largest absolute Gasteiger partial charge is 0.549 e. The lowest BCUT2D eigenvalue weighted by molar-refractivity contribution is -0.304. The minimum Gasteiger partial charge on any atom is -0.549 e. The van der Waals surface area contributed by atoms with Gasteiger partial charge >= 0.3 is 0 Å². The van der Waals surface area contributed by atoms with Crippen molar-refractivity contribution in [1.29, 1.82) is 0 Å². The van der Waals surface area contributed by atoms with Gasteiger partial charge in [-0.1, -0.05) is 43.8 Å². The standard InChI is InChI=1S/C18H20N4O5S/c1-3-11(17(26)27)28-18-21-14(19-12(23)4-2)13(16(25)22-18)20-15(24)10-8-6-5-7-9-10/h5-9,11H,3-4H2,1-2H3,(H,20,24)(H,26,27)(H2,19,21,22,23,25)/p-1/t11-/m0/s1. The van der Waals surface area contributed by atoms with Gasteiger partial charge in [0.25, 0.3) is 11.5 Å². The summed E-state index contributed by atoms with van der Waals surface area (Å²) in [5.41, 5.74) is -0.640. The van der Waals surface area contributed by atoms with Crippen molar-refractivity contribution in [3.63, 3.8) is 0 Å². The number of carboxylic acid groups (broad SMARTS) is 1. The first kappa shape index (κ1) is 21.2. The first-order valence-corrected chi connectivity index (χ1v) is 9.41. The molecule has 1 atom stereocenters. The van der Waals surface area contributed by atoms with Crippen LogP contribution in [0.25, 0.3) is 0 Å². The lowest BCUT2D eigenvalue weighted by Crippen LogP contribution is -2.33. The molecule has 1 aromatic heterocycles. The fraction of sp³-hybridized carbons (Fsp3) is 0.278. The number of H-pyrrole nitrogens is 1. The number of aromatic amines is 1. The van der Waals surface area contributed by atoms with Gasteiger partial charge in [0.15, 0.2) is 16.7 Å². The molecule has 1 aromatic carbocycles. The van der Waals surface area contributed by atoms with Crippen LogP contribution >= 0.6 is 11.8 Å². The zero-order chi connectivity index (χ0) is 20.7. The third-order valence-electron chi connectivity index (χ3n) is 3.64. The number of aromatic nitrogens is 2. The van der Waals surface area contributed by atoms with Crippen molar-refractivity contribution in [2.24, 2.45) is 0 Å². The predicted molar refractivity (Wildman–Crippen MR) is 103 cm³/mol. The number of carbonyl (C=O) groups is 3. The van der Waals surface area contributed by atoms with E-state index in [2.05, 4.69) is 20.6 Å². The van der Waals surface area contributed by atoms with Crippen molar-refractivity contribution in [2.75, 3.05) is 10.6 Å². The fourth-order valence-electron chi connectivity index (χ4n) is 2.14. The molecule has 9 nitrogen and oxygen atoms in total. The van der Waals surface area contributed by atoms with Gasteiger partial charge in [-0.3, -0.25) is 19.4 Å². The molecule has 0 radical (unpaired) electrons. The number of aliphatic carboxylic acids is 1. The maximum atomic E-state index is 12.5. The molecule has 1 heterocycles. The molecule has 0 spiro atoms. The van der Waals surface area contributed by atoms with E-state index in [1.54, 1.807) is 44.2 Å². The smallest absolute Gasteiger partial charge is 0.277 e. The minimum atomic E-state index is -1.30. The molecule has 0 fully saturated rings. The van der Waals surface area contributed by atoms with Crippen LogP contribution in [0.3, 0.4) is 0 Å². The van der Waals surface area contributed by atoms with Crippen molar-refractivity contribution in [2.45, 2.75) is 37.1 Å². The van der Waals surface area contributed by atoms with Crippen molar-refractivity contribution in [1.82, 2.24) is 9.97 Å². The van der Waals surface area contributed by atoms with Gasteiger partial charge in [0.2, 0.25) is 5.91 Å². The Hall–Kier alpha value is -3.14. The third kappa shape index (κ3) is 5.43. The number of anilines is 2. The topological polar surface area (TPSA) is 144 Å². The van der Waals surface area contributed by atoms with Crippen LogP contribution < -0.4 is 21.3 Å². The molecule has 0 unspecified atom stereocenters. The molecule has 0 aliphatic carbocycles. The average Bonchev–Trinajstić information content (AvgIpc) is 2.68. The summed E-state index contributed by atoms with van der Waals surface area (Å²) in [5.74, 6) is -2.43. The molecule has 2 amide bonds. The van der Waals surface area contributed by atoms with Gasteiger partial charge in [-0.05, 0) is 18.6 Å². The van der Waals surface area contributed by atoms with E-state index in [0.29, 0.717) is 5.56 Å². The highest BCUT2D eigenvalue weighted by atomic mass is 32.2. The fourth-order valence-corrected chi connectivity index (χ4v) is 2.97. The summed E-state index contributed by atoms with van der Waals surface area (Å²) < 4.78 is 0. The van der Waals surface area contributed by atoms with Gasteiger partial charge in [0.1, 0.15) is 0 Å². The van der Waals surface area contributed by atoms with Crippen LogP contribution in [0.1, 0.15) is 37.0 Å². The van der Waals surface area contributed by atoms with Crippen molar-refractivity contribution in [3.05, 3.63) is 46.2 Å². The van der Waals surface area contributed by atoms with E-state index >= 15 is 0 Å². The second-order valence-electron chi connectivity index (χ2n) is 5.65. The first-order chi connectivity index (χ1) is 13.3. The molecule has 0 bridgehead atoms. The molecule has 10 heteroatoms. The molecule has 2 rings (SSSR count). The molecule has 3 N–H and O–H groups in total. The summed E-state index contributed by atoms with van der Waals surface area (Å²) in [6.07, 6.45) is 0.375. The number of rotatable bonds is 8. The number of carboxylic acids is 1. The van der Waals surface area contributed by atoms with Gasteiger partial charge in [-0.15, -0.1) is 0 Å². The molecule has 0 aliphatic heterocycles. The molecular weight excluding hydrogens is 384 g/mol. The number of hydrogen-bond donors (Lipinski definition) is 3. The van der Waals surface area contributed by atoms with E-state index < -0.39 is 28.6 Å². The van der Waals surface area contributed by atoms with Crippen LogP contribution in [0, 0.1) is 0 Å². The number of hydrogen-bond acceptors (Lipinski definition) is 7. The Morgan fingerprint density at radius 2 is 1.86 bits per heavy atom. The SMILES string of the molecule is CCC(=O)Nc1nc(S[C@@H](CC)C(=O)[O-])[nH]c(=O)c1NC(=O)c1ccccc1. The van der Waals surface area contributed by atoms with Crippen LogP contribution in [0.4, 0.5) is 11.5 Å². The number of nitrogens with one attached hydrogen (secondary N) is 3. The summed E-state index contributed by atoms with van der Waals surface area (Å²) in [5, 5.41) is 15.1. The molecule has 2 aromatic rings. The summed E-state index contributed by atoms with van der Waals surface area (Å²) in [6, 6.07) is 8.21. The van der Waals surface area contributed by atoms with E-state index in [1.807, 2.05) is 0 Å². The van der Waals surface area contributed by atoms with Crippen LogP contribution in [-0.4, -0.2) is 33.0 Å². The van der Waals surface area contributed by atoms with Crippen LogP contribution in [-0.2, 0) is 9.59 Å². The maximum Gasteiger partial charge on any atom is 0.277 e. The Morgan fingerprint density at radius 3 is 2.43 bits per heavy atom. The molecule has 0 aliphatic rings. The summed E-state index contributed by atoms with van der Waals surface area (Å²) in [6.45, 7) is 3.27. The normalized spacial score (nSPS) is 11.5. The molecule has 0 saturated carbocycles. The van der Waals surface area contributed by atoms with E-state index in [1.165, 1.54) is 0 Å². The highest BCUT2D eigenvalue weighted by Gasteiger charge is 2.19. The van der Waals surface area contributed by atoms with Gasteiger partial charge in [0.05, 0.1) is 11.2 Å². The number of thioether (sulfide) groups is 1. The van der Waals surface area contributed by atoms with E-state index in [-0.39, 0.29) is 29.5 Å². The second kappa shape index (κ2) is 9.70. The zero-order valence-corrected chi connectivity index (χ0v) is 16.1. The van der Waals surface area contributed by atoms with Gasteiger partial charge < -0.3 is 20.5 Å². The highest BCUT2D eigenvalue weighted by molar-refractivity contribution is 8.00. The Morgan fingerprint density at radius 1 is 1.18 bits per heavy atom. The van der Waals surface area contributed by atoms with E-state index in [9.17, 15) is 24.3 Å². The number of amides is 2. The Labute approximate surface area is 165 Å². The average molecular weight is 403 g/mol. The lowest BCUT2D eigenvalue weighted by Gasteiger charge is -2.16. The van der Waals surface area contributed by atoms with Crippen molar-refractivity contribution < 1.29 is 19.5 Å². The predicted octanol–water partition coefficient (Wildman–Crippen LogP) is 0.991. The second-order valence-corrected chi connectivity index (χ2v) is 6.84. The molecular formula is C18H19N4O5S-. The van der Waals surface area contributed by atoms with Crippen LogP contribution in [0.15, 0.2) is 40.3 Å². The van der Waals surface area contributed by atoms with Crippen molar-refractivity contribution >= 4 is 41.1 Å². The van der Waals surface area contributed by atoms with E-state index in [0.717, 1.165) is 11.8 Å². The summed E-state index contributed by atoms with van der Waals surface area (Å²) >= 11 is 0.791. The van der Waals surface area contributed by atoms with E-state index in [4.69, 9.17) is 0 Å². The lowest BCUT2D eigenvalue weighted by atomic mass is 10.2. The summed E-state index contributed by atoms with van der Waals surface area (Å²) in [4.78, 5) is 54.3. The molecule has 28 heavy (non-hydrogen) atoms. The number of benzene rings is 1. The number of nitrogens with zero attached hydrogens (tertiary/aromatic N) is 1. The van der Waals surface area contributed by atoms with Crippen LogP contribution in [0.2, 0.25) is 0 Å². The van der Waals surface area contributed by atoms with Crippen LogP contribution in [0.5, 0.6) is 0 Å². The monoisotopic (exact) mass is 403 g/mol. The summed E-state index contributed by atoms with van der Waals surface area (Å²) in [7, 11) is 0. The highest BCUT2D eigenvalue weighted by Crippen LogP contribution is 2.24. The Bertz CT molecular complexity index is 929.